The van der Waals surface area contributed by atoms with Gasteiger partial charge in [0.05, 0.1) is 21.6 Å². The summed E-state index contributed by atoms with van der Waals surface area (Å²) in [7, 11) is -3.65. The number of nitrogens with one attached hydrogen (secondary N) is 1. The largest absolute Gasteiger partial charge is 0.491 e. The molecular weight excluding hydrogens is 412 g/mol. The minimum atomic E-state index is -3.65. The summed E-state index contributed by atoms with van der Waals surface area (Å²) in [5.74, 6) is 0.151. The number of ether oxygens (including phenoxy) is 1. The van der Waals surface area contributed by atoms with Crippen LogP contribution < -0.4 is 10.1 Å². The highest BCUT2D eigenvalue weighted by molar-refractivity contribution is 7.89. The Kier molecular flexibility index (Phi) is 6.82. The summed E-state index contributed by atoms with van der Waals surface area (Å²) >= 11 is 6.20. The van der Waals surface area contributed by atoms with Crippen LogP contribution in [0.2, 0.25) is 5.02 Å². The number of benzene rings is 2. The van der Waals surface area contributed by atoms with Gasteiger partial charge in [0, 0.05) is 24.8 Å². The van der Waals surface area contributed by atoms with Crippen molar-refractivity contribution in [1.82, 2.24) is 4.31 Å². The Balaban J connectivity index is 1.83. The normalized spacial score (nSPS) is 15.3. The Morgan fingerprint density at radius 3 is 2.52 bits per heavy atom. The van der Waals surface area contributed by atoms with Gasteiger partial charge >= 0.3 is 0 Å². The lowest BCUT2D eigenvalue weighted by molar-refractivity contribution is 0.102. The lowest BCUT2D eigenvalue weighted by atomic mass is 10.2. The van der Waals surface area contributed by atoms with E-state index in [0.717, 1.165) is 19.3 Å². The first-order chi connectivity index (χ1) is 13.8. The smallest absolute Gasteiger partial charge is 0.257 e. The van der Waals surface area contributed by atoms with Crippen LogP contribution in [0, 0.1) is 0 Å². The predicted octanol–water partition coefficient (Wildman–Crippen LogP) is 4.55. The van der Waals surface area contributed by atoms with Gasteiger partial charge in [-0.25, -0.2) is 8.42 Å². The Morgan fingerprint density at radius 2 is 1.83 bits per heavy atom. The molecule has 0 unspecified atom stereocenters. The van der Waals surface area contributed by atoms with E-state index in [-0.39, 0.29) is 21.6 Å². The van der Waals surface area contributed by atoms with Gasteiger partial charge in [-0.05, 0) is 57.0 Å². The van der Waals surface area contributed by atoms with Crippen LogP contribution >= 0.6 is 11.6 Å². The summed E-state index contributed by atoms with van der Waals surface area (Å²) in [6, 6.07) is 11.2. The van der Waals surface area contributed by atoms with E-state index in [1.807, 2.05) is 13.8 Å². The number of sulfonamides is 1. The Bertz CT molecular complexity index is 986. The highest BCUT2D eigenvalue weighted by Gasteiger charge is 2.27. The van der Waals surface area contributed by atoms with Crippen molar-refractivity contribution in [1.29, 1.82) is 0 Å². The SMILES string of the molecule is CC(C)Oc1cccc(NC(=O)c2cc(S(=O)(=O)N3CCCCC3)ccc2Cl)c1. The second-order valence-corrected chi connectivity index (χ2v) is 9.60. The first-order valence-corrected chi connectivity index (χ1v) is 11.5. The Hall–Kier alpha value is -2.09. The van der Waals surface area contributed by atoms with E-state index in [1.165, 1.54) is 22.5 Å². The van der Waals surface area contributed by atoms with Gasteiger partial charge < -0.3 is 10.1 Å². The van der Waals surface area contributed by atoms with Gasteiger partial charge in [-0.2, -0.15) is 4.31 Å². The monoisotopic (exact) mass is 436 g/mol. The zero-order valence-corrected chi connectivity index (χ0v) is 18.1. The summed E-state index contributed by atoms with van der Waals surface area (Å²) < 4.78 is 32.9. The number of anilines is 1. The average Bonchev–Trinajstić information content (AvgIpc) is 2.68. The molecule has 0 spiro atoms. The zero-order chi connectivity index (χ0) is 21.0. The van der Waals surface area contributed by atoms with Gasteiger partial charge in [0.15, 0.2) is 0 Å². The molecule has 3 rings (SSSR count). The highest BCUT2D eigenvalue weighted by Crippen LogP contribution is 2.26. The van der Waals surface area contributed by atoms with Crippen molar-refractivity contribution in [2.75, 3.05) is 18.4 Å². The summed E-state index contributed by atoms with van der Waals surface area (Å²) in [6.07, 6.45) is 2.72. The number of hydrogen-bond donors (Lipinski definition) is 1. The van der Waals surface area contributed by atoms with Gasteiger partial charge in [0.25, 0.3) is 5.91 Å². The third-order valence-electron chi connectivity index (χ3n) is 4.60. The van der Waals surface area contributed by atoms with Crippen LogP contribution in [0.1, 0.15) is 43.5 Å². The Labute approximate surface area is 176 Å². The second-order valence-electron chi connectivity index (χ2n) is 7.25. The third kappa shape index (κ3) is 5.29. The topological polar surface area (TPSA) is 75.7 Å². The summed E-state index contributed by atoms with van der Waals surface area (Å²) in [5.41, 5.74) is 0.647. The summed E-state index contributed by atoms with van der Waals surface area (Å²) in [6.45, 7) is 4.82. The molecule has 1 amide bonds. The summed E-state index contributed by atoms with van der Waals surface area (Å²) in [4.78, 5) is 12.9. The molecule has 0 aliphatic carbocycles. The van der Waals surface area contributed by atoms with E-state index in [4.69, 9.17) is 16.3 Å². The number of hydrogen-bond acceptors (Lipinski definition) is 4. The van der Waals surface area contributed by atoms with Gasteiger partial charge in [0.1, 0.15) is 5.75 Å². The molecule has 2 aromatic carbocycles. The number of piperidine rings is 1. The van der Waals surface area contributed by atoms with Crippen LogP contribution in [-0.2, 0) is 10.0 Å². The van der Waals surface area contributed by atoms with Crippen molar-refractivity contribution < 1.29 is 17.9 Å². The quantitative estimate of drug-likeness (QED) is 0.720. The molecule has 0 saturated carbocycles. The fourth-order valence-corrected chi connectivity index (χ4v) is 4.96. The van der Waals surface area contributed by atoms with E-state index in [9.17, 15) is 13.2 Å². The Morgan fingerprint density at radius 1 is 1.10 bits per heavy atom. The fraction of sp³-hybridized carbons (Fsp3) is 0.381. The molecule has 29 heavy (non-hydrogen) atoms. The van der Waals surface area contributed by atoms with Crippen LogP contribution in [0.4, 0.5) is 5.69 Å². The average molecular weight is 437 g/mol. The molecule has 1 fully saturated rings. The van der Waals surface area contributed by atoms with E-state index >= 15 is 0 Å². The number of carbonyl (C=O) groups is 1. The number of rotatable bonds is 6. The third-order valence-corrected chi connectivity index (χ3v) is 6.82. The van der Waals surface area contributed by atoms with Crippen LogP contribution in [0.25, 0.3) is 0 Å². The maximum Gasteiger partial charge on any atom is 0.257 e. The molecule has 1 aliphatic rings. The van der Waals surface area contributed by atoms with Crippen molar-refractivity contribution in [3.05, 3.63) is 53.1 Å². The first-order valence-electron chi connectivity index (χ1n) is 9.65. The lowest BCUT2D eigenvalue weighted by Gasteiger charge is -2.26. The molecule has 0 aromatic heterocycles. The van der Waals surface area contributed by atoms with Crippen molar-refractivity contribution in [3.8, 4) is 5.75 Å². The molecule has 0 atom stereocenters. The van der Waals surface area contributed by atoms with Crippen LogP contribution in [0.15, 0.2) is 47.4 Å². The van der Waals surface area contributed by atoms with Crippen LogP contribution in [-0.4, -0.2) is 37.8 Å². The molecule has 1 heterocycles. The molecule has 1 saturated heterocycles. The van der Waals surface area contributed by atoms with Crippen molar-refractivity contribution >= 4 is 33.2 Å². The molecule has 6 nitrogen and oxygen atoms in total. The minimum absolute atomic E-state index is 0.00655. The first kappa shape index (κ1) is 21.6. The lowest BCUT2D eigenvalue weighted by Crippen LogP contribution is -2.35. The van der Waals surface area contributed by atoms with E-state index in [1.54, 1.807) is 24.3 Å². The zero-order valence-electron chi connectivity index (χ0n) is 16.5. The second kappa shape index (κ2) is 9.15. The molecule has 1 aliphatic heterocycles. The van der Waals surface area contributed by atoms with Gasteiger partial charge in [-0.3, -0.25) is 4.79 Å². The van der Waals surface area contributed by atoms with E-state index in [2.05, 4.69) is 5.32 Å². The van der Waals surface area contributed by atoms with E-state index < -0.39 is 15.9 Å². The number of amides is 1. The van der Waals surface area contributed by atoms with Crippen LogP contribution in [0.3, 0.4) is 0 Å². The number of halogens is 1. The van der Waals surface area contributed by atoms with Crippen LogP contribution in [0.5, 0.6) is 5.75 Å². The maximum atomic E-state index is 12.9. The molecule has 0 bridgehead atoms. The number of carbonyl (C=O) groups excluding carboxylic acids is 1. The van der Waals surface area contributed by atoms with Crippen molar-refractivity contribution in [3.63, 3.8) is 0 Å². The molecule has 0 radical (unpaired) electrons. The van der Waals surface area contributed by atoms with Crippen molar-refractivity contribution in [2.45, 2.75) is 44.1 Å². The van der Waals surface area contributed by atoms with Crippen molar-refractivity contribution in [2.24, 2.45) is 0 Å². The molecule has 8 heteroatoms. The van der Waals surface area contributed by atoms with Gasteiger partial charge in [-0.15, -0.1) is 0 Å². The molecule has 156 valence electrons. The minimum Gasteiger partial charge on any atom is -0.491 e. The fourth-order valence-electron chi connectivity index (χ4n) is 3.21. The highest BCUT2D eigenvalue weighted by atomic mass is 35.5. The standard InChI is InChI=1S/C21H25ClN2O4S/c1-15(2)28-17-8-6-7-16(13-17)23-21(25)19-14-18(9-10-20(19)22)29(26,27)24-11-4-3-5-12-24/h6-10,13-15H,3-5,11-12H2,1-2H3,(H,23,25). The number of nitrogens with zero attached hydrogens (tertiary/aromatic N) is 1. The van der Waals surface area contributed by atoms with E-state index in [0.29, 0.717) is 24.5 Å². The molecule has 1 N–H and O–H groups in total. The summed E-state index contributed by atoms with van der Waals surface area (Å²) in [5, 5.41) is 2.95. The predicted molar refractivity (Wildman–Crippen MR) is 114 cm³/mol. The van der Waals surface area contributed by atoms with Gasteiger partial charge in [0.2, 0.25) is 10.0 Å². The molecule has 2 aromatic rings. The maximum absolute atomic E-state index is 12.9. The van der Waals surface area contributed by atoms with Gasteiger partial charge in [-0.1, -0.05) is 24.1 Å². The molecular formula is C21H25ClN2O4S.